The summed E-state index contributed by atoms with van der Waals surface area (Å²) < 4.78 is 2.31. The monoisotopic (exact) mass is 237 g/mol. The minimum atomic E-state index is -0.171. The van der Waals surface area contributed by atoms with Crippen LogP contribution in [0.5, 0.6) is 0 Å². The second-order valence-corrected chi connectivity index (χ2v) is 3.95. The molecule has 5 heteroatoms. The van der Waals surface area contributed by atoms with Gasteiger partial charge in [0.05, 0.1) is 0 Å². The number of anilines is 1. The Balaban J connectivity index is 2.09. The lowest BCUT2D eigenvalue weighted by Crippen LogP contribution is -2.43. The van der Waals surface area contributed by atoms with Crippen molar-refractivity contribution in [3.05, 3.63) is 29.8 Å². The molecule has 0 saturated carbocycles. The summed E-state index contributed by atoms with van der Waals surface area (Å²) in [7, 11) is 0. The third kappa shape index (κ3) is 2.48. The molecule has 2 N–H and O–H groups in total. The molecule has 86 valence electrons. The Morgan fingerprint density at radius 1 is 1.25 bits per heavy atom. The highest BCUT2D eigenvalue weighted by atomic mass is 32.1. The van der Waals surface area contributed by atoms with Crippen LogP contribution in [0.25, 0.3) is 0 Å². The average molecular weight is 237 g/mol. The fraction of sp³-hybridized carbons (Fsp3) is 0.364. The van der Waals surface area contributed by atoms with E-state index in [0.717, 1.165) is 31.9 Å². The quantitative estimate of drug-likeness (QED) is 0.663. The van der Waals surface area contributed by atoms with E-state index >= 15 is 0 Å². The number of nitrogens with zero attached hydrogens (tertiary/aromatic N) is 1. The Morgan fingerprint density at radius 2 is 1.88 bits per heavy atom. The summed E-state index contributed by atoms with van der Waals surface area (Å²) in [5, 5.41) is 3.31. The fourth-order valence-electron chi connectivity index (χ4n) is 1.81. The number of nitrogens with one attached hydrogen (secondary N) is 2. The fourth-order valence-corrected chi connectivity index (χ4v) is 1.94. The van der Waals surface area contributed by atoms with Crippen LogP contribution in [-0.4, -0.2) is 32.1 Å². The van der Waals surface area contributed by atoms with Gasteiger partial charge in [-0.1, -0.05) is 12.8 Å². The van der Waals surface area contributed by atoms with E-state index in [9.17, 15) is 4.79 Å². The molecular formula is C11H15N3OS. The Hall–Kier alpha value is -1.20. The summed E-state index contributed by atoms with van der Waals surface area (Å²) in [6.07, 6.45) is 0. The maximum Gasteiger partial charge on any atom is 0.260 e. The molecule has 0 unspecified atom stereocenters. The van der Waals surface area contributed by atoms with Crippen molar-refractivity contribution in [2.24, 2.45) is 0 Å². The van der Waals surface area contributed by atoms with Gasteiger partial charge in [-0.05, 0) is 24.3 Å². The van der Waals surface area contributed by atoms with E-state index in [1.54, 1.807) is 0 Å². The van der Waals surface area contributed by atoms with Crippen molar-refractivity contribution in [2.75, 3.05) is 31.1 Å². The minimum absolute atomic E-state index is 0.171. The number of rotatable bonds is 2. The molecule has 0 atom stereocenters. The molecule has 0 radical (unpaired) electrons. The van der Waals surface area contributed by atoms with Crippen LogP contribution in [-0.2, 0) is 0 Å². The van der Waals surface area contributed by atoms with E-state index < -0.39 is 0 Å². The van der Waals surface area contributed by atoms with Crippen molar-refractivity contribution >= 4 is 24.4 Å². The van der Waals surface area contributed by atoms with E-state index in [-0.39, 0.29) is 5.91 Å². The SMILES string of the molecule is O=C(NS)c1ccc(N2CCNCC2)cc1. The second kappa shape index (κ2) is 5.23. The minimum Gasteiger partial charge on any atom is -0.369 e. The topological polar surface area (TPSA) is 44.4 Å². The number of piperazine rings is 1. The standard InChI is InChI=1S/C11H15N3OS/c15-11(13-16)9-1-3-10(4-2-9)14-7-5-12-6-8-14/h1-4,12,16H,5-8H2,(H,13,15). The molecule has 4 nitrogen and oxygen atoms in total. The predicted octanol–water partition coefficient (Wildman–Crippen LogP) is 0.671. The Bertz CT molecular complexity index is 360. The highest BCUT2D eigenvalue weighted by Gasteiger charge is 2.10. The first kappa shape index (κ1) is 11.3. The number of amides is 1. The maximum atomic E-state index is 11.3. The number of hydrogen-bond donors (Lipinski definition) is 3. The molecular weight excluding hydrogens is 222 g/mol. The summed E-state index contributed by atoms with van der Waals surface area (Å²) in [5.41, 5.74) is 1.80. The Morgan fingerprint density at radius 3 is 2.44 bits per heavy atom. The summed E-state index contributed by atoms with van der Waals surface area (Å²) in [6.45, 7) is 4.05. The van der Waals surface area contributed by atoms with Gasteiger partial charge in [0.1, 0.15) is 0 Å². The highest BCUT2D eigenvalue weighted by Crippen LogP contribution is 2.15. The van der Waals surface area contributed by atoms with Gasteiger partial charge in [0.15, 0.2) is 0 Å². The van der Waals surface area contributed by atoms with Gasteiger partial charge in [-0.2, -0.15) is 0 Å². The van der Waals surface area contributed by atoms with Crippen molar-refractivity contribution in [1.29, 1.82) is 0 Å². The molecule has 1 aromatic rings. The van der Waals surface area contributed by atoms with Crippen molar-refractivity contribution < 1.29 is 4.79 Å². The van der Waals surface area contributed by atoms with Crippen LogP contribution in [0.1, 0.15) is 10.4 Å². The molecule has 1 saturated heterocycles. The number of carbonyl (C=O) groups excluding carboxylic acids is 1. The third-order valence-electron chi connectivity index (χ3n) is 2.71. The number of carbonyl (C=O) groups is 1. The van der Waals surface area contributed by atoms with Crippen LogP contribution in [0.3, 0.4) is 0 Å². The van der Waals surface area contributed by atoms with Gasteiger partial charge in [0.25, 0.3) is 5.91 Å². The smallest absolute Gasteiger partial charge is 0.260 e. The number of benzene rings is 1. The summed E-state index contributed by atoms with van der Waals surface area (Å²) in [4.78, 5) is 13.6. The number of thiol groups is 1. The van der Waals surface area contributed by atoms with Crippen molar-refractivity contribution in [3.63, 3.8) is 0 Å². The lowest BCUT2D eigenvalue weighted by molar-refractivity contribution is 0.0985. The Labute approximate surface area is 101 Å². The van der Waals surface area contributed by atoms with Gasteiger partial charge in [-0.15, -0.1) is 0 Å². The van der Waals surface area contributed by atoms with E-state index in [0.29, 0.717) is 5.56 Å². The normalized spacial score (nSPS) is 15.9. The molecule has 1 fully saturated rings. The molecule has 0 aromatic heterocycles. The molecule has 0 aliphatic carbocycles. The lowest BCUT2D eigenvalue weighted by atomic mass is 10.2. The van der Waals surface area contributed by atoms with E-state index in [1.807, 2.05) is 24.3 Å². The van der Waals surface area contributed by atoms with Crippen LogP contribution in [0, 0.1) is 0 Å². The van der Waals surface area contributed by atoms with Gasteiger partial charge in [0, 0.05) is 37.4 Å². The van der Waals surface area contributed by atoms with Crippen molar-refractivity contribution in [2.45, 2.75) is 0 Å². The molecule has 1 aliphatic rings. The van der Waals surface area contributed by atoms with Crippen molar-refractivity contribution in [1.82, 2.24) is 10.0 Å². The predicted molar refractivity (Wildman–Crippen MR) is 68.0 cm³/mol. The van der Waals surface area contributed by atoms with Crippen LogP contribution in [0.2, 0.25) is 0 Å². The molecule has 16 heavy (non-hydrogen) atoms. The van der Waals surface area contributed by atoms with Gasteiger partial charge in [-0.3, -0.25) is 9.52 Å². The molecule has 1 aliphatic heterocycles. The van der Waals surface area contributed by atoms with E-state index in [1.165, 1.54) is 0 Å². The van der Waals surface area contributed by atoms with Crippen LogP contribution >= 0.6 is 12.8 Å². The first-order chi connectivity index (χ1) is 7.81. The van der Waals surface area contributed by atoms with Gasteiger partial charge < -0.3 is 10.2 Å². The largest absolute Gasteiger partial charge is 0.369 e. The van der Waals surface area contributed by atoms with Gasteiger partial charge in [-0.25, -0.2) is 0 Å². The third-order valence-corrected chi connectivity index (χ3v) is 2.92. The molecule has 0 bridgehead atoms. The summed E-state index contributed by atoms with van der Waals surface area (Å²) in [6, 6.07) is 7.60. The zero-order chi connectivity index (χ0) is 11.4. The molecule has 1 aromatic carbocycles. The Kier molecular flexibility index (Phi) is 3.69. The first-order valence-corrected chi connectivity index (χ1v) is 5.76. The lowest BCUT2D eigenvalue weighted by Gasteiger charge is -2.29. The highest BCUT2D eigenvalue weighted by molar-refractivity contribution is 7.78. The second-order valence-electron chi connectivity index (χ2n) is 3.72. The number of hydrogen-bond acceptors (Lipinski definition) is 4. The van der Waals surface area contributed by atoms with E-state index in [4.69, 9.17) is 0 Å². The summed E-state index contributed by atoms with van der Waals surface area (Å²) in [5.74, 6) is -0.171. The average Bonchev–Trinajstić information content (AvgIpc) is 2.39. The molecule has 1 amide bonds. The van der Waals surface area contributed by atoms with Gasteiger partial charge in [0.2, 0.25) is 0 Å². The van der Waals surface area contributed by atoms with Crippen LogP contribution < -0.4 is 14.9 Å². The molecule has 1 heterocycles. The summed E-state index contributed by atoms with van der Waals surface area (Å²) >= 11 is 3.74. The van der Waals surface area contributed by atoms with E-state index in [2.05, 4.69) is 27.8 Å². The van der Waals surface area contributed by atoms with Crippen molar-refractivity contribution in [3.8, 4) is 0 Å². The zero-order valence-electron chi connectivity index (χ0n) is 8.94. The van der Waals surface area contributed by atoms with Gasteiger partial charge >= 0.3 is 0 Å². The first-order valence-electron chi connectivity index (χ1n) is 5.31. The molecule has 0 spiro atoms. The maximum absolute atomic E-state index is 11.3. The molecule has 2 rings (SSSR count). The van der Waals surface area contributed by atoms with Crippen LogP contribution in [0.4, 0.5) is 5.69 Å². The van der Waals surface area contributed by atoms with Crippen LogP contribution in [0.15, 0.2) is 24.3 Å². The zero-order valence-corrected chi connectivity index (χ0v) is 9.83.